The summed E-state index contributed by atoms with van der Waals surface area (Å²) in [6, 6.07) is 23.2. The molecule has 1 unspecified atom stereocenters. The summed E-state index contributed by atoms with van der Waals surface area (Å²) in [5, 5.41) is 4.41. The first-order valence-corrected chi connectivity index (χ1v) is 11.2. The van der Waals surface area contributed by atoms with Crippen LogP contribution in [0, 0.1) is 36.5 Å². The van der Waals surface area contributed by atoms with E-state index in [0.717, 1.165) is 29.7 Å². The predicted octanol–water partition coefficient (Wildman–Crippen LogP) is 7.14. The first-order chi connectivity index (χ1) is 17.0. The molecule has 0 fully saturated rings. The molecule has 0 spiro atoms. The maximum absolute atomic E-state index is 13.9. The number of nitrogens with zero attached hydrogens (tertiary/aromatic N) is 3. The molecule has 3 heterocycles. The zero-order valence-electron chi connectivity index (χ0n) is 19.3. The molecule has 1 atom stereocenters. The van der Waals surface area contributed by atoms with Crippen molar-refractivity contribution in [2.75, 3.05) is 6.54 Å². The van der Waals surface area contributed by atoms with Crippen LogP contribution < -0.4 is 0 Å². The number of halogens is 3. The first kappa shape index (κ1) is 25.7. The van der Waals surface area contributed by atoms with Gasteiger partial charge < -0.3 is 15.2 Å². The topological polar surface area (TPSA) is 30.2 Å². The quantitative estimate of drug-likeness (QED) is 0.169. The molecule has 0 bridgehead atoms. The molecule has 0 saturated heterocycles. The maximum Gasteiger partial charge on any atom is 3.00 e. The molecule has 0 N–H and O–H groups in total. The summed E-state index contributed by atoms with van der Waals surface area (Å²) in [6.45, 7) is 2.95. The number of hydrogen-bond acceptors (Lipinski definition) is 2. The number of rotatable bonds is 2. The Kier molecular flexibility index (Phi) is 7.92. The summed E-state index contributed by atoms with van der Waals surface area (Å²) < 4.78 is 40.6. The van der Waals surface area contributed by atoms with Gasteiger partial charge in [0, 0.05) is 18.6 Å². The molecule has 2 aliphatic heterocycles. The van der Waals surface area contributed by atoms with Crippen LogP contribution in [0.5, 0.6) is 0 Å². The van der Waals surface area contributed by atoms with Crippen LogP contribution in [0.1, 0.15) is 22.9 Å². The number of hydrogen-bond donors (Lipinski definition) is 0. The van der Waals surface area contributed by atoms with Gasteiger partial charge in [-0.3, -0.25) is 4.39 Å². The van der Waals surface area contributed by atoms with E-state index in [1.54, 1.807) is 12.3 Å². The Bertz CT molecular complexity index is 1390. The first-order valence-electron chi connectivity index (χ1n) is 11.2. The minimum atomic E-state index is -1.25. The Morgan fingerprint density at radius 3 is 2.67 bits per heavy atom. The Morgan fingerprint density at radius 2 is 1.86 bits per heavy atom. The third kappa shape index (κ3) is 5.23. The second kappa shape index (κ2) is 11.1. The molecule has 182 valence electrons. The van der Waals surface area contributed by atoms with Gasteiger partial charge in [-0.25, -0.2) is 8.78 Å². The van der Waals surface area contributed by atoms with Crippen molar-refractivity contribution in [1.82, 2.24) is 9.88 Å². The van der Waals surface area contributed by atoms with Gasteiger partial charge in [0.15, 0.2) is 0 Å². The van der Waals surface area contributed by atoms with Crippen LogP contribution in [-0.2, 0) is 26.5 Å². The second-order valence-corrected chi connectivity index (χ2v) is 8.32. The average molecular weight is 661 g/mol. The van der Waals surface area contributed by atoms with E-state index in [1.807, 2.05) is 49.5 Å². The summed E-state index contributed by atoms with van der Waals surface area (Å²) in [5.41, 5.74) is 5.10. The van der Waals surface area contributed by atoms with E-state index in [9.17, 15) is 13.2 Å². The van der Waals surface area contributed by atoms with Crippen LogP contribution in [0.4, 0.5) is 13.2 Å². The molecule has 4 aromatic rings. The summed E-state index contributed by atoms with van der Waals surface area (Å²) in [5.74, 6) is -3.37. The van der Waals surface area contributed by atoms with Gasteiger partial charge in [-0.15, -0.1) is 6.07 Å². The largest absolute Gasteiger partial charge is 3.00 e. The molecule has 1 aromatic heterocycles. The zero-order chi connectivity index (χ0) is 24.4. The molecule has 36 heavy (non-hydrogen) atoms. The van der Waals surface area contributed by atoms with E-state index in [0.29, 0.717) is 6.07 Å². The van der Waals surface area contributed by atoms with Crippen molar-refractivity contribution in [3.8, 4) is 22.4 Å². The molecule has 0 aliphatic carbocycles. The summed E-state index contributed by atoms with van der Waals surface area (Å²) in [7, 11) is 0. The molecule has 3 nitrogen and oxygen atoms in total. The van der Waals surface area contributed by atoms with Crippen LogP contribution >= 0.6 is 0 Å². The molecular formula is C29H21F3IrN3. The Labute approximate surface area is 222 Å². The van der Waals surface area contributed by atoms with Gasteiger partial charge in [-0.1, -0.05) is 54.4 Å². The molecule has 7 heteroatoms. The van der Waals surface area contributed by atoms with Crippen LogP contribution in [-0.4, -0.2) is 16.4 Å². The minimum absolute atomic E-state index is 0. The SMILES string of the molecule is Cc1cnc(-c2[c-]c(F)cc(F)c2F)cc1-c1ccccc1.[Ir+3].[c-]1cccc2c1C1[N-]C=CN1CC2. The fraction of sp³-hybridized carbons (Fsp3) is 0.138. The van der Waals surface area contributed by atoms with Crippen molar-refractivity contribution in [2.24, 2.45) is 0 Å². The van der Waals surface area contributed by atoms with Gasteiger partial charge in [0.05, 0.1) is 11.6 Å². The van der Waals surface area contributed by atoms with Gasteiger partial charge in [0.1, 0.15) is 0 Å². The van der Waals surface area contributed by atoms with Crippen molar-refractivity contribution in [2.45, 2.75) is 19.5 Å². The third-order valence-electron chi connectivity index (χ3n) is 6.05. The number of fused-ring (bicyclic) bond motifs is 3. The van der Waals surface area contributed by atoms with E-state index in [-0.39, 0.29) is 37.5 Å². The van der Waals surface area contributed by atoms with Crippen molar-refractivity contribution in [3.63, 3.8) is 0 Å². The molecular weight excluding hydrogens is 640 g/mol. The number of aryl methyl sites for hydroxylation is 1. The molecule has 3 aromatic carbocycles. The van der Waals surface area contributed by atoms with Crippen LogP contribution in [0.2, 0.25) is 0 Å². The second-order valence-electron chi connectivity index (χ2n) is 8.32. The van der Waals surface area contributed by atoms with E-state index < -0.39 is 17.5 Å². The van der Waals surface area contributed by atoms with Crippen LogP contribution in [0.15, 0.2) is 79.3 Å². The van der Waals surface area contributed by atoms with Gasteiger partial charge >= 0.3 is 20.1 Å². The van der Waals surface area contributed by atoms with E-state index >= 15 is 0 Å². The van der Waals surface area contributed by atoms with Crippen molar-refractivity contribution in [1.29, 1.82) is 0 Å². The minimum Gasteiger partial charge on any atom is -0.668 e. The molecule has 0 radical (unpaired) electrons. The maximum atomic E-state index is 13.9. The standard InChI is InChI=1S/C18H11F3N.C11H10N2.Ir/c1-11-10-22-17(9-14(11)12-5-3-2-4-6-12)15-7-13(19)8-16(20)18(15)21;1-2-4-10-9(3-1)5-7-13-8-6-12-11(10)13;/h2-6,8-10H,1H3;1-3,6,8,11H,5,7H2;/q-1;-2;+3. The summed E-state index contributed by atoms with van der Waals surface area (Å²) in [6.07, 6.45) is 6.83. The number of benzene rings is 3. The molecule has 0 amide bonds. The monoisotopic (exact) mass is 661 g/mol. The Morgan fingerprint density at radius 1 is 1.06 bits per heavy atom. The predicted molar refractivity (Wildman–Crippen MR) is 129 cm³/mol. The van der Waals surface area contributed by atoms with Crippen molar-refractivity contribution >= 4 is 0 Å². The molecule has 0 saturated carbocycles. The normalized spacial score (nSPS) is 15.1. The van der Waals surface area contributed by atoms with Crippen LogP contribution in [0.3, 0.4) is 0 Å². The summed E-state index contributed by atoms with van der Waals surface area (Å²) >= 11 is 0. The van der Waals surface area contributed by atoms with Crippen molar-refractivity contribution in [3.05, 3.63) is 131 Å². The van der Waals surface area contributed by atoms with E-state index in [1.165, 1.54) is 11.1 Å². The third-order valence-corrected chi connectivity index (χ3v) is 6.05. The smallest absolute Gasteiger partial charge is 0.668 e. The Balaban J connectivity index is 0.000000185. The van der Waals surface area contributed by atoms with Gasteiger partial charge in [0.2, 0.25) is 0 Å². The molecule has 6 rings (SSSR count). The van der Waals surface area contributed by atoms with E-state index in [2.05, 4.69) is 45.7 Å². The van der Waals surface area contributed by atoms with Gasteiger partial charge in [-0.2, -0.15) is 41.6 Å². The van der Waals surface area contributed by atoms with Gasteiger partial charge in [0.25, 0.3) is 0 Å². The molecule has 2 aliphatic rings. The van der Waals surface area contributed by atoms with Crippen molar-refractivity contribution < 1.29 is 33.3 Å². The zero-order valence-corrected chi connectivity index (χ0v) is 21.7. The number of aromatic nitrogens is 1. The average Bonchev–Trinajstić information content (AvgIpc) is 3.37. The Hall–Kier alpha value is -3.41. The fourth-order valence-electron chi connectivity index (χ4n) is 4.27. The van der Waals surface area contributed by atoms with Crippen LogP contribution in [0.25, 0.3) is 27.7 Å². The summed E-state index contributed by atoms with van der Waals surface area (Å²) in [4.78, 5) is 6.34. The fourth-order valence-corrected chi connectivity index (χ4v) is 4.27. The van der Waals surface area contributed by atoms with Gasteiger partial charge in [-0.05, 0) is 41.7 Å². The number of pyridine rings is 1. The van der Waals surface area contributed by atoms with E-state index in [4.69, 9.17) is 0 Å².